The van der Waals surface area contributed by atoms with Crippen LogP contribution in [-0.4, -0.2) is 44.5 Å². The highest BCUT2D eigenvalue weighted by Gasteiger charge is 2.28. The van der Waals surface area contributed by atoms with Gasteiger partial charge in [0.05, 0.1) is 5.75 Å². The molecule has 100 valence electrons. The van der Waals surface area contributed by atoms with E-state index in [4.69, 9.17) is 0 Å². The molecule has 0 saturated heterocycles. The minimum Gasteiger partial charge on any atom is -0.296 e. The Labute approximate surface area is 106 Å². The van der Waals surface area contributed by atoms with Gasteiger partial charge in [0.15, 0.2) is 0 Å². The molecule has 0 aromatic carbocycles. The third-order valence-electron chi connectivity index (χ3n) is 3.04. The average Bonchev–Trinajstić information content (AvgIpc) is 3.04. The van der Waals surface area contributed by atoms with Gasteiger partial charge in [-0.25, -0.2) is 8.42 Å². The highest BCUT2D eigenvalue weighted by atomic mass is 32.2. The summed E-state index contributed by atoms with van der Waals surface area (Å²) in [4.78, 5) is 2.30. The number of sulfone groups is 1. The van der Waals surface area contributed by atoms with Gasteiger partial charge in [0.2, 0.25) is 0 Å². The molecule has 1 saturated carbocycles. The number of allylic oxidation sites excluding steroid dienone is 1. The first-order valence-electron chi connectivity index (χ1n) is 6.59. The van der Waals surface area contributed by atoms with Crippen LogP contribution in [0, 0.1) is 0 Å². The predicted molar refractivity (Wildman–Crippen MR) is 73.0 cm³/mol. The van der Waals surface area contributed by atoms with Gasteiger partial charge in [0, 0.05) is 25.4 Å². The number of nitrogens with zero attached hydrogens (tertiary/aromatic N) is 1. The van der Waals surface area contributed by atoms with Gasteiger partial charge in [0.1, 0.15) is 9.84 Å². The van der Waals surface area contributed by atoms with Crippen molar-refractivity contribution in [1.29, 1.82) is 0 Å². The van der Waals surface area contributed by atoms with Crippen LogP contribution in [0.15, 0.2) is 12.2 Å². The first kappa shape index (κ1) is 14.7. The van der Waals surface area contributed by atoms with Crippen molar-refractivity contribution < 1.29 is 8.42 Å². The summed E-state index contributed by atoms with van der Waals surface area (Å²) in [6.45, 7) is 3.78. The van der Waals surface area contributed by atoms with Crippen molar-refractivity contribution in [2.45, 2.75) is 45.1 Å². The minimum absolute atomic E-state index is 0.284. The number of hydrogen-bond donors (Lipinski definition) is 0. The van der Waals surface area contributed by atoms with Crippen LogP contribution in [-0.2, 0) is 9.84 Å². The fourth-order valence-electron chi connectivity index (χ4n) is 1.80. The van der Waals surface area contributed by atoms with E-state index in [0.29, 0.717) is 12.6 Å². The van der Waals surface area contributed by atoms with Crippen molar-refractivity contribution in [3.8, 4) is 0 Å². The molecule has 0 unspecified atom stereocenters. The molecular weight excluding hydrogens is 234 g/mol. The molecule has 0 aromatic rings. The second-order valence-electron chi connectivity index (χ2n) is 4.97. The fraction of sp³-hybridized carbons (Fsp3) is 0.846. The van der Waals surface area contributed by atoms with E-state index in [2.05, 4.69) is 24.0 Å². The summed E-state index contributed by atoms with van der Waals surface area (Å²) in [6, 6.07) is 0.632. The summed E-state index contributed by atoms with van der Waals surface area (Å²) < 4.78 is 22.3. The van der Waals surface area contributed by atoms with Gasteiger partial charge in [-0.05, 0) is 19.3 Å². The molecule has 0 spiro atoms. The topological polar surface area (TPSA) is 37.4 Å². The van der Waals surface area contributed by atoms with Gasteiger partial charge in [-0.15, -0.1) is 0 Å². The molecule has 0 amide bonds. The molecule has 4 heteroatoms. The molecule has 1 aliphatic rings. The Balaban J connectivity index is 2.26. The zero-order chi connectivity index (χ0) is 12.7. The van der Waals surface area contributed by atoms with E-state index in [0.717, 1.165) is 13.0 Å². The third kappa shape index (κ3) is 7.55. The Morgan fingerprint density at radius 1 is 1.29 bits per heavy atom. The second kappa shape index (κ2) is 7.17. The molecule has 0 N–H and O–H groups in total. The van der Waals surface area contributed by atoms with Crippen LogP contribution < -0.4 is 0 Å². The molecule has 0 aromatic heterocycles. The Morgan fingerprint density at radius 3 is 2.53 bits per heavy atom. The lowest BCUT2D eigenvalue weighted by atomic mass is 10.2. The summed E-state index contributed by atoms with van der Waals surface area (Å²) in [5, 5.41) is 0. The average molecular weight is 259 g/mol. The maximum absolute atomic E-state index is 11.1. The van der Waals surface area contributed by atoms with Crippen molar-refractivity contribution >= 4 is 9.84 Å². The standard InChI is InChI=1S/C13H25NO2S/c1-3-4-5-6-7-10-14(13-8-9-13)11-12-17(2,15)16/h6-7,13H,3-5,8-12H2,1-2H3/b7-6+. The van der Waals surface area contributed by atoms with Crippen LogP contribution >= 0.6 is 0 Å². The molecular formula is C13H25NO2S. The quantitative estimate of drug-likeness (QED) is 0.471. The molecule has 0 atom stereocenters. The molecule has 0 bridgehead atoms. The van der Waals surface area contributed by atoms with E-state index in [1.165, 1.54) is 31.9 Å². The minimum atomic E-state index is -2.83. The van der Waals surface area contributed by atoms with Crippen LogP contribution in [0.25, 0.3) is 0 Å². The Morgan fingerprint density at radius 2 is 2.00 bits per heavy atom. The molecule has 3 nitrogen and oxygen atoms in total. The largest absolute Gasteiger partial charge is 0.296 e. The van der Waals surface area contributed by atoms with Crippen LogP contribution in [0.3, 0.4) is 0 Å². The maximum Gasteiger partial charge on any atom is 0.148 e. The van der Waals surface area contributed by atoms with Crippen molar-refractivity contribution in [3.05, 3.63) is 12.2 Å². The predicted octanol–water partition coefficient (Wildman–Crippen LogP) is 2.24. The monoisotopic (exact) mass is 259 g/mol. The molecule has 0 radical (unpaired) electrons. The van der Waals surface area contributed by atoms with Crippen LogP contribution in [0.5, 0.6) is 0 Å². The summed E-state index contributed by atoms with van der Waals surface area (Å²) in [6.07, 6.45) is 11.8. The highest BCUT2D eigenvalue weighted by molar-refractivity contribution is 7.90. The van der Waals surface area contributed by atoms with E-state index in [9.17, 15) is 8.42 Å². The molecule has 0 heterocycles. The van der Waals surface area contributed by atoms with Gasteiger partial charge in [-0.3, -0.25) is 4.90 Å². The van der Waals surface area contributed by atoms with E-state index in [1.54, 1.807) is 0 Å². The molecule has 0 aliphatic heterocycles. The van der Waals surface area contributed by atoms with E-state index in [-0.39, 0.29) is 5.75 Å². The number of unbranched alkanes of at least 4 members (excludes halogenated alkanes) is 2. The first-order chi connectivity index (χ1) is 8.03. The van der Waals surface area contributed by atoms with Crippen LogP contribution in [0.1, 0.15) is 39.0 Å². The molecule has 1 rings (SSSR count). The van der Waals surface area contributed by atoms with Gasteiger partial charge < -0.3 is 0 Å². The van der Waals surface area contributed by atoms with Gasteiger partial charge >= 0.3 is 0 Å². The normalized spacial score (nSPS) is 17.1. The number of hydrogen-bond acceptors (Lipinski definition) is 3. The second-order valence-corrected chi connectivity index (χ2v) is 7.23. The summed E-state index contributed by atoms with van der Waals surface area (Å²) in [7, 11) is -2.83. The number of rotatable bonds is 9. The lowest BCUT2D eigenvalue weighted by Gasteiger charge is -2.19. The molecule has 1 fully saturated rings. The maximum atomic E-state index is 11.1. The van der Waals surface area contributed by atoms with Gasteiger partial charge in [0.25, 0.3) is 0 Å². The summed E-state index contributed by atoms with van der Waals surface area (Å²) >= 11 is 0. The van der Waals surface area contributed by atoms with E-state index < -0.39 is 9.84 Å². The Kier molecular flexibility index (Phi) is 6.20. The highest BCUT2D eigenvalue weighted by Crippen LogP contribution is 2.26. The smallest absolute Gasteiger partial charge is 0.148 e. The Bertz CT molecular complexity index is 331. The fourth-order valence-corrected chi connectivity index (χ4v) is 2.36. The molecule has 17 heavy (non-hydrogen) atoms. The van der Waals surface area contributed by atoms with Gasteiger partial charge in [-0.2, -0.15) is 0 Å². The van der Waals surface area contributed by atoms with Crippen molar-refractivity contribution in [3.63, 3.8) is 0 Å². The zero-order valence-electron chi connectivity index (χ0n) is 11.1. The van der Waals surface area contributed by atoms with Gasteiger partial charge in [-0.1, -0.05) is 31.9 Å². The SMILES string of the molecule is CCCC/C=C/CN(CCS(C)(=O)=O)C1CC1. The van der Waals surface area contributed by atoms with Crippen molar-refractivity contribution in [2.24, 2.45) is 0 Å². The lowest BCUT2D eigenvalue weighted by Crippen LogP contribution is -2.31. The zero-order valence-corrected chi connectivity index (χ0v) is 11.9. The first-order valence-corrected chi connectivity index (χ1v) is 8.65. The van der Waals surface area contributed by atoms with E-state index >= 15 is 0 Å². The van der Waals surface area contributed by atoms with Crippen molar-refractivity contribution in [1.82, 2.24) is 4.90 Å². The Hall–Kier alpha value is -0.350. The van der Waals surface area contributed by atoms with Crippen molar-refractivity contribution in [2.75, 3.05) is 25.1 Å². The summed E-state index contributed by atoms with van der Waals surface area (Å²) in [5.74, 6) is 0.284. The summed E-state index contributed by atoms with van der Waals surface area (Å²) in [5.41, 5.74) is 0. The third-order valence-corrected chi connectivity index (χ3v) is 3.97. The molecule has 1 aliphatic carbocycles. The van der Waals surface area contributed by atoms with Crippen LogP contribution in [0.4, 0.5) is 0 Å². The lowest BCUT2D eigenvalue weighted by molar-refractivity contribution is 0.309. The van der Waals surface area contributed by atoms with E-state index in [1.807, 2.05) is 0 Å². The van der Waals surface area contributed by atoms with Crippen LogP contribution in [0.2, 0.25) is 0 Å².